The van der Waals surface area contributed by atoms with Crippen LogP contribution in [0.25, 0.3) is 0 Å². The van der Waals surface area contributed by atoms with Crippen molar-refractivity contribution in [2.24, 2.45) is 5.10 Å². The Hall–Kier alpha value is -2.61. The maximum Gasteiger partial charge on any atom is 0.221 e. The highest BCUT2D eigenvalue weighted by Crippen LogP contribution is 2.09. The zero-order valence-corrected chi connectivity index (χ0v) is 9.76. The molecule has 18 heavy (non-hydrogen) atoms. The van der Waals surface area contributed by atoms with Crippen molar-refractivity contribution < 1.29 is 4.39 Å². The lowest BCUT2D eigenvalue weighted by molar-refractivity contribution is 0.625. The largest absolute Gasteiger partial charge is 0.368 e. The van der Waals surface area contributed by atoms with Crippen LogP contribution in [0, 0.1) is 25.1 Å². The number of imidazole rings is 1. The molecule has 0 bridgehead atoms. The number of aryl methyl sites for hydroxylation is 1. The highest BCUT2D eigenvalue weighted by molar-refractivity contribution is 5.80. The number of nitrogens with zero attached hydrogens (tertiary/aromatic N) is 3. The van der Waals surface area contributed by atoms with Crippen LogP contribution in [0.1, 0.15) is 16.8 Å². The van der Waals surface area contributed by atoms with E-state index in [2.05, 4.69) is 16.0 Å². The molecule has 0 radical (unpaired) electrons. The molecular formula is C13H11FN4. The molecule has 1 aromatic carbocycles. The van der Waals surface area contributed by atoms with Crippen LogP contribution in [0.5, 0.6) is 0 Å². The molecule has 0 aliphatic rings. The van der Waals surface area contributed by atoms with Gasteiger partial charge in [0.15, 0.2) is 0 Å². The average Bonchev–Trinajstić information content (AvgIpc) is 2.67. The molecule has 0 amide bonds. The Morgan fingerprint density at radius 1 is 1.56 bits per heavy atom. The molecule has 0 atom stereocenters. The van der Waals surface area contributed by atoms with Gasteiger partial charge >= 0.3 is 0 Å². The van der Waals surface area contributed by atoms with E-state index in [4.69, 9.17) is 12.2 Å². The molecule has 1 aromatic heterocycles. The Balaban J connectivity index is 2.34. The molecule has 0 fully saturated rings. The third-order valence-corrected chi connectivity index (χ3v) is 2.32. The lowest BCUT2D eigenvalue weighted by Crippen LogP contribution is -1.98. The van der Waals surface area contributed by atoms with Crippen molar-refractivity contribution in [2.75, 3.05) is 5.73 Å². The SMILES string of the molecule is C#Cc1ccc(F)c(C=Nn2cc(C)nc2N)c1. The van der Waals surface area contributed by atoms with E-state index in [1.54, 1.807) is 19.2 Å². The second-order valence-electron chi connectivity index (χ2n) is 3.71. The summed E-state index contributed by atoms with van der Waals surface area (Å²) in [5.41, 5.74) is 7.24. The number of rotatable bonds is 2. The van der Waals surface area contributed by atoms with Crippen molar-refractivity contribution in [3.63, 3.8) is 0 Å². The van der Waals surface area contributed by atoms with E-state index in [1.165, 1.54) is 23.0 Å². The minimum atomic E-state index is -0.395. The first-order chi connectivity index (χ1) is 8.60. The average molecular weight is 242 g/mol. The van der Waals surface area contributed by atoms with Gasteiger partial charge in [-0.15, -0.1) is 6.42 Å². The Kier molecular flexibility index (Phi) is 3.11. The van der Waals surface area contributed by atoms with Crippen molar-refractivity contribution in [1.82, 2.24) is 9.66 Å². The van der Waals surface area contributed by atoms with Gasteiger partial charge < -0.3 is 5.73 Å². The number of benzene rings is 1. The molecule has 1 heterocycles. The third kappa shape index (κ3) is 2.38. The maximum atomic E-state index is 13.5. The van der Waals surface area contributed by atoms with E-state index in [0.717, 1.165) is 5.69 Å². The number of aromatic nitrogens is 2. The van der Waals surface area contributed by atoms with Gasteiger partial charge in [0.25, 0.3) is 0 Å². The van der Waals surface area contributed by atoms with Crippen LogP contribution < -0.4 is 5.73 Å². The summed E-state index contributed by atoms with van der Waals surface area (Å²) < 4.78 is 14.9. The second-order valence-corrected chi connectivity index (χ2v) is 3.71. The van der Waals surface area contributed by atoms with E-state index in [9.17, 15) is 4.39 Å². The monoisotopic (exact) mass is 242 g/mol. The minimum Gasteiger partial charge on any atom is -0.368 e. The lowest BCUT2D eigenvalue weighted by Gasteiger charge is -1.98. The molecule has 0 aliphatic heterocycles. The van der Waals surface area contributed by atoms with Crippen LogP contribution in [0.3, 0.4) is 0 Å². The van der Waals surface area contributed by atoms with Crippen molar-refractivity contribution in [3.05, 3.63) is 47.0 Å². The summed E-state index contributed by atoms with van der Waals surface area (Å²) in [5, 5.41) is 4.03. The van der Waals surface area contributed by atoms with E-state index in [0.29, 0.717) is 11.1 Å². The lowest BCUT2D eigenvalue weighted by atomic mass is 10.1. The normalized spacial score (nSPS) is 10.7. The third-order valence-electron chi connectivity index (χ3n) is 2.32. The molecule has 2 rings (SSSR count). The fourth-order valence-electron chi connectivity index (χ4n) is 1.45. The molecule has 2 N–H and O–H groups in total. The number of nitrogen functional groups attached to an aromatic ring is 1. The standard InChI is InChI=1S/C13H11FN4/c1-3-10-4-5-12(14)11(6-10)7-16-18-8-9(2)17-13(18)15/h1,4-8H,2H3,(H2,15,17). The summed E-state index contributed by atoms with van der Waals surface area (Å²) in [4.78, 5) is 3.98. The van der Waals surface area contributed by atoms with Gasteiger partial charge in [0.1, 0.15) is 5.82 Å². The van der Waals surface area contributed by atoms with E-state index in [1.807, 2.05) is 0 Å². The zero-order chi connectivity index (χ0) is 13.1. The molecule has 0 unspecified atom stereocenters. The number of terminal acetylenes is 1. The van der Waals surface area contributed by atoms with Gasteiger partial charge in [0, 0.05) is 11.1 Å². The summed E-state index contributed by atoms with van der Waals surface area (Å²) in [7, 11) is 0. The highest BCUT2D eigenvalue weighted by atomic mass is 19.1. The van der Waals surface area contributed by atoms with Crippen molar-refractivity contribution in [1.29, 1.82) is 0 Å². The van der Waals surface area contributed by atoms with Gasteiger partial charge in [0.05, 0.1) is 18.1 Å². The predicted molar refractivity (Wildman–Crippen MR) is 68.7 cm³/mol. The molecule has 2 aromatic rings. The zero-order valence-electron chi connectivity index (χ0n) is 9.76. The minimum absolute atomic E-state index is 0.247. The Morgan fingerprint density at radius 2 is 2.33 bits per heavy atom. The molecule has 5 heteroatoms. The van der Waals surface area contributed by atoms with Crippen LogP contribution in [0.4, 0.5) is 10.3 Å². The number of hydrogen-bond donors (Lipinski definition) is 1. The van der Waals surface area contributed by atoms with E-state index in [-0.39, 0.29) is 5.95 Å². The van der Waals surface area contributed by atoms with Gasteiger partial charge in [-0.25, -0.2) is 14.1 Å². The topological polar surface area (TPSA) is 56.2 Å². The van der Waals surface area contributed by atoms with Gasteiger partial charge in [0.2, 0.25) is 5.95 Å². The quantitative estimate of drug-likeness (QED) is 0.644. The number of hydrogen-bond acceptors (Lipinski definition) is 3. The summed E-state index contributed by atoms with van der Waals surface area (Å²) in [6, 6.07) is 4.38. The van der Waals surface area contributed by atoms with Crippen LogP contribution in [0.2, 0.25) is 0 Å². The van der Waals surface area contributed by atoms with Crippen LogP contribution in [-0.2, 0) is 0 Å². The van der Waals surface area contributed by atoms with Gasteiger partial charge in [-0.2, -0.15) is 5.10 Å². The van der Waals surface area contributed by atoms with E-state index >= 15 is 0 Å². The van der Waals surface area contributed by atoms with Gasteiger partial charge in [-0.3, -0.25) is 0 Å². The molecule has 0 saturated heterocycles. The molecule has 90 valence electrons. The molecule has 0 spiro atoms. The fraction of sp³-hybridized carbons (Fsp3) is 0.0769. The summed E-state index contributed by atoms with van der Waals surface area (Å²) in [6.45, 7) is 1.79. The summed E-state index contributed by atoms with van der Waals surface area (Å²) in [5.74, 6) is 2.29. The van der Waals surface area contributed by atoms with Crippen LogP contribution >= 0.6 is 0 Å². The summed E-state index contributed by atoms with van der Waals surface area (Å²) in [6.07, 6.45) is 8.25. The first-order valence-electron chi connectivity index (χ1n) is 5.22. The van der Waals surface area contributed by atoms with E-state index < -0.39 is 5.82 Å². The number of halogens is 1. The van der Waals surface area contributed by atoms with Gasteiger partial charge in [-0.05, 0) is 25.1 Å². The molecule has 0 aliphatic carbocycles. The number of anilines is 1. The Labute approximate surface area is 104 Å². The van der Waals surface area contributed by atoms with Crippen LogP contribution in [0.15, 0.2) is 29.5 Å². The summed E-state index contributed by atoms with van der Waals surface area (Å²) >= 11 is 0. The molecule has 0 saturated carbocycles. The van der Waals surface area contributed by atoms with Crippen molar-refractivity contribution in [3.8, 4) is 12.3 Å². The first kappa shape index (κ1) is 11.9. The first-order valence-corrected chi connectivity index (χ1v) is 5.22. The number of nitrogens with two attached hydrogens (primary N) is 1. The van der Waals surface area contributed by atoms with Crippen molar-refractivity contribution in [2.45, 2.75) is 6.92 Å². The van der Waals surface area contributed by atoms with Gasteiger partial charge in [-0.1, -0.05) is 5.92 Å². The highest BCUT2D eigenvalue weighted by Gasteiger charge is 2.02. The molecule has 4 nitrogen and oxygen atoms in total. The Bertz CT molecular complexity index is 649. The Morgan fingerprint density at radius 3 is 2.94 bits per heavy atom. The van der Waals surface area contributed by atoms with Crippen molar-refractivity contribution >= 4 is 12.2 Å². The molecular weight excluding hydrogens is 231 g/mol. The van der Waals surface area contributed by atoms with Crippen LogP contribution in [-0.4, -0.2) is 15.9 Å². The predicted octanol–water partition coefficient (Wildman–Crippen LogP) is 1.78. The maximum absolute atomic E-state index is 13.5. The smallest absolute Gasteiger partial charge is 0.221 e. The second kappa shape index (κ2) is 4.72. The fourth-order valence-corrected chi connectivity index (χ4v) is 1.45.